The number of alkyl halides is 4. The fourth-order valence-electron chi connectivity index (χ4n) is 4.60. The van der Waals surface area contributed by atoms with Gasteiger partial charge in [-0.2, -0.15) is 17.6 Å². The number of halogens is 5. The number of imidazole rings is 1. The second-order valence-corrected chi connectivity index (χ2v) is 14.1. The van der Waals surface area contributed by atoms with Crippen LogP contribution in [0.5, 0.6) is 5.75 Å². The summed E-state index contributed by atoms with van der Waals surface area (Å²) < 4.78 is 78.8. The molecule has 0 spiro atoms. The van der Waals surface area contributed by atoms with Crippen LogP contribution in [0.2, 0.25) is 19.1 Å². The van der Waals surface area contributed by atoms with E-state index in [1.54, 1.807) is 13.0 Å². The number of aromatic nitrogens is 2. The van der Waals surface area contributed by atoms with Crippen molar-refractivity contribution in [1.29, 1.82) is 0 Å². The van der Waals surface area contributed by atoms with Crippen molar-refractivity contribution in [2.24, 2.45) is 0 Å². The lowest BCUT2D eigenvalue weighted by atomic mass is 9.88. The van der Waals surface area contributed by atoms with E-state index in [1.165, 1.54) is 51.9 Å². The molecule has 2 atom stereocenters. The number of hydrogen-bond acceptors (Lipinski definition) is 4. The minimum Gasteiger partial charge on any atom is -0.428 e. The third-order valence-corrected chi connectivity index (χ3v) is 8.62. The lowest BCUT2D eigenvalue weighted by Gasteiger charge is -2.40. The summed E-state index contributed by atoms with van der Waals surface area (Å²) in [6.45, 7) is 9.15. The Kier molecular flexibility index (Phi) is 8.59. The largest absolute Gasteiger partial charge is 0.461 e. The molecule has 0 aliphatic rings. The van der Waals surface area contributed by atoms with E-state index in [0.29, 0.717) is 0 Å². The quantitative estimate of drug-likeness (QED) is 0.228. The summed E-state index contributed by atoms with van der Waals surface area (Å²) >= 11 is 0. The van der Waals surface area contributed by atoms with Gasteiger partial charge in [0.05, 0.1) is 11.7 Å². The normalized spacial score (nSPS) is 15.1. The SMILES string of the molecule is CC(C)O[Si](C)(C)C[C@@](O)(c1ccccc1F)[C@@H](C)n1ccn(-c2ccc(OC(F)(F)C(F)F)cc2)c1=O. The highest BCUT2D eigenvalue weighted by atomic mass is 28.4. The van der Waals surface area contributed by atoms with Gasteiger partial charge in [-0.1, -0.05) is 18.2 Å². The zero-order valence-electron chi connectivity index (χ0n) is 21.7. The highest BCUT2D eigenvalue weighted by Crippen LogP contribution is 2.41. The number of ether oxygens (including phenoxy) is 1. The Balaban J connectivity index is 1.99. The summed E-state index contributed by atoms with van der Waals surface area (Å²) in [5, 5.41) is 12.0. The molecule has 2 aromatic carbocycles. The predicted octanol–water partition coefficient (Wildman–Crippen LogP) is 6.09. The zero-order chi connectivity index (χ0) is 28.5. The molecule has 1 heterocycles. The van der Waals surface area contributed by atoms with Gasteiger partial charge < -0.3 is 14.3 Å². The van der Waals surface area contributed by atoms with Crippen LogP contribution in [-0.2, 0) is 10.0 Å². The Morgan fingerprint density at radius 3 is 2.16 bits per heavy atom. The van der Waals surface area contributed by atoms with Crippen molar-refractivity contribution in [3.05, 3.63) is 82.8 Å². The lowest BCUT2D eigenvalue weighted by molar-refractivity contribution is -0.253. The Hall–Kier alpha value is -2.96. The molecule has 3 aromatic rings. The topological polar surface area (TPSA) is 65.6 Å². The molecule has 12 heteroatoms. The average Bonchev–Trinajstić information content (AvgIpc) is 3.18. The van der Waals surface area contributed by atoms with Crippen molar-refractivity contribution in [3.8, 4) is 11.4 Å². The minimum absolute atomic E-state index is 0.0292. The van der Waals surface area contributed by atoms with E-state index >= 15 is 0 Å². The van der Waals surface area contributed by atoms with Crippen molar-refractivity contribution >= 4 is 8.32 Å². The van der Waals surface area contributed by atoms with Gasteiger partial charge in [0.1, 0.15) is 17.2 Å². The van der Waals surface area contributed by atoms with Gasteiger partial charge in [-0.25, -0.2) is 9.18 Å². The molecule has 1 N–H and O–H groups in total. The van der Waals surface area contributed by atoms with Crippen molar-refractivity contribution in [3.63, 3.8) is 0 Å². The van der Waals surface area contributed by atoms with Crippen molar-refractivity contribution in [2.45, 2.75) is 70.2 Å². The molecular weight excluding hydrogens is 527 g/mol. The van der Waals surface area contributed by atoms with Crippen LogP contribution in [0.4, 0.5) is 22.0 Å². The summed E-state index contributed by atoms with van der Waals surface area (Å²) in [5.41, 5.74) is -2.14. The van der Waals surface area contributed by atoms with E-state index in [9.17, 15) is 31.9 Å². The first-order valence-electron chi connectivity index (χ1n) is 12.0. The van der Waals surface area contributed by atoms with Crippen LogP contribution in [0.25, 0.3) is 5.69 Å². The van der Waals surface area contributed by atoms with Crippen LogP contribution < -0.4 is 10.4 Å². The van der Waals surface area contributed by atoms with Crippen molar-refractivity contribution < 1.29 is 36.2 Å². The summed E-state index contributed by atoms with van der Waals surface area (Å²) in [6, 6.07) is 9.53. The summed E-state index contributed by atoms with van der Waals surface area (Å²) in [4.78, 5) is 13.4. The predicted molar refractivity (Wildman–Crippen MR) is 135 cm³/mol. The highest BCUT2D eigenvalue weighted by molar-refractivity contribution is 6.71. The van der Waals surface area contributed by atoms with Gasteiger partial charge >= 0.3 is 18.2 Å². The molecule has 0 aliphatic carbocycles. The van der Waals surface area contributed by atoms with Gasteiger partial charge in [0.2, 0.25) is 0 Å². The van der Waals surface area contributed by atoms with Gasteiger partial charge in [-0.15, -0.1) is 0 Å². The Morgan fingerprint density at radius 1 is 1.00 bits per heavy atom. The van der Waals surface area contributed by atoms with E-state index in [1.807, 2.05) is 26.9 Å². The minimum atomic E-state index is -4.66. The Bertz CT molecular complexity index is 1290. The molecule has 1 aromatic heterocycles. The van der Waals surface area contributed by atoms with Gasteiger partial charge in [0, 0.05) is 30.1 Å². The summed E-state index contributed by atoms with van der Waals surface area (Å²) in [5.74, 6) is -1.13. The molecular formula is C26H31F5N2O4Si. The van der Waals surface area contributed by atoms with Gasteiger partial charge in [-0.05, 0) is 64.2 Å². The molecule has 0 fully saturated rings. The Morgan fingerprint density at radius 2 is 1.61 bits per heavy atom. The summed E-state index contributed by atoms with van der Waals surface area (Å²) in [7, 11) is -2.58. The third-order valence-electron chi connectivity index (χ3n) is 6.12. The van der Waals surface area contributed by atoms with Crippen LogP contribution in [0.1, 0.15) is 32.4 Å². The van der Waals surface area contributed by atoms with Gasteiger partial charge in [0.25, 0.3) is 0 Å². The highest BCUT2D eigenvalue weighted by Gasteiger charge is 2.46. The average molecular weight is 559 g/mol. The molecule has 0 aliphatic heterocycles. The number of rotatable bonds is 11. The van der Waals surface area contributed by atoms with Crippen LogP contribution >= 0.6 is 0 Å². The maximum atomic E-state index is 15.0. The molecule has 0 saturated carbocycles. The fourth-order valence-corrected chi connectivity index (χ4v) is 7.74. The number of benzene rings is 2. The van der Waals surface area contributed by atoms with Crippen molar-refractivity contribution in [1.82, 2.24) is 9.13 Å². The molecule has 0 saturated heterocycles. The maximum absolute atomic E-state index is 15.0. The molecule has 38 heavy (non-hydrogen) atoms. The van der Waals surface area contributed by atoms with E-state index < -0.39 is 49.8 Å². The van der Waals surface area contributed by atoms with E-state index in [2.05, 4.69) is 4.74 Å². The van der Waals surface area contributed by atoms with Crippen LogP contribution in [0.3, 0.4) is 0 Å². The molecule has 3 rings (SSSR count). The second kappa shape index (κ2) is 11.0. The number of hydrogen-bond donors (Lipinski definition) is 1. The molecule has 6 nitrogen and oxygen atoms in total. The summed E-state index contributed by atoms with van der Waals surface area (Å²) in [6.07, 6.45) is -5.96. The van der Waals surface area contributed by atoms with E-state index in [0.717, 1.165) is 12.1 Å². The fraction of sp³-hybridized carbons (Fsp3) is 0.423. The monoisotopic (exact) mass is 558 g/mol. The maximum Gasteiger partial charge on any atom is 0.461 e. The van der Waals surface area contributed by atoms with Gasteiger partial charge in [0.15, 0.2) is 8.32 Å². The van der Waals surface area contributed by atoms with E-state index in [-0.39, 0.29) is 23.4 Å². The second-order valence-electron chi connectivity index (χ2n) is 10.00. The van der Waals surface area contributed by atoms with Gasteiger partial charge in [-0.3, -0.25) is 9.13 Å². The lowest BCUT2D eigenvalue weighted by Crippen LogP contribution is -2.47. The van der Waals surface area contributed by atoms with Crippen molar-refractivity contribution in [2.75, 3.05) is 0 Å². The first-order valence-corrected chi connectivity index (χ1v) is 15.1. The third kappa shape index (κ3) is 6.36. The van der Waals surface area contributed by atoms with Crippen LogP contribution in [-0.4, -0.2) is 41.2 Å². The standard InChI is InChI=1S/C26H31F5N2O4Si/c1-17(2)37-38(4,5)16-25(35,21-8-6-7-9-22(21)27)18(3)32-14-15-33(24(32)34)19-10-12-20(13-11-19)36-26(30,31)23(28)29/h6-15,17-18,23,35H,16H2,1-5H3/t18-,25+/m1/s1. The number of nitrogens with zero attached hydrogens (tertiary/aromatic N) is 2. The van der Waals surface area contributed by atoms with E-state index in [4.69, 9.17) is 4.43 Å². The molecule has 0 bridgehead atoms. The first-order chi connectivity index (χ1) is 17.6. The van der Waals surface area contributed by atoms with Crippen LogP contribution in [0.15, 0.2) is 65.7 Å². The first kappa shape index (κ1) is 29.6. The Labute approximate surface area is 218 Å². The smallest absolute Gasteiger partial charge is 0.428 e. The molecule has 0 radical (unpaired) electrons. The number of aliphatic hydroxyl groups is 1. The molecule has 0 unspecified atom stereocenters. The zero-order valence-corrected chi connectivity index (χ0v) is 22.7. The molecule has 0 amide bonds. The van der Waals surface area contributed by atoms with Crippen LogP contribution in [0, 0.1) is 5.82 Å². The molecule has 208 valence electrons.